The highest BCUT2D eigenvalue weighted by Gasteiger charge is 2.05. The minimum Gasteiger partial charge on any atom is -0.463 e. The van der Waals surface area contributed by atoms with Gasteiger partial charge >= 0.3 is 11.9 Å². The molecule has 29 heavy (non-hydrogen) atoms. The van der Waals surface area contributed by atoms with Crippen molar-refractivity contribution in [3.63, 3.8) is 0 Å². The Balaban J connectivity index is 3.46. The van der Waals surface area contributed by atoms with Crippen molar-refractivity contribution in [1.29, 1.82) is 0 Å². The summed E-state index contributed by atoms with van der Waals surface area (Å²) in [5, 5.41) is 0. The Hall–Kier alpha value is -1.41. The molecule has 0 aromatic rings. The first kappa shape index (κ1) is 27.6. The van der Waals surface area contributed by atoms with Crippen LogP contribution in [0.5, 0.6) is 0 Å². The summed E-state index contributed by atoms with van der Waals surface area (Å²) in [5.41, 5.74) is 0. The van der Waals surface area contributed by atoms with E-state index in [2.05, 4.69) is 6.92 Å². The van der Waals surface area contributed by atoms with Crippen LogP contribution in [-0.4, -0.2) is 43.9 Å². The predicted molar refractivity (Wildman–Crippen MR) is 113 cm³/mol. The normalized spacial score (nSPS) is 11.7. The largest absolute Gasteiger partial charge is 0.463 e. The summed E-state index contributed by atoms with van der Waals surface area (Å²) >= 11 is 0. The van der Waals surface area contributed by atoms with Crippen LogP contribution in [0.2, 0.25) is 0 Å². The van der Waals surface area contributed by atoms with Gasteiger partial charge < -0.3 is 9.47 Å². The van der Waals surface area contributed by atoms with Crippen LogP contribution in [0.25, 0.3) is 0 Å². The highest BCUT2D eigenvalue weighted by molar-refractivity contribution is 7.85. The van der Waals surface area contributed by atoms with E-state index in [1.54, 1.807) is 0 Å². The number of hydrogen-bond donors (Lipinski definition) is 1. The number of esters is 2. The molecule has 0 spiro atoms. The maximum absolute atomic E-state index is 11.5. The lowest BCUT2D eigenvalue weighted by Gasteiger charge is -2.04. The van der Waals surface area contributed by atoms with Crippen molar-refractivity contribution in [3.8, 4) is 0 Å². The van der Waals surface area contributed by atoms with Crippen LogP contribution >= 0.6 is 0 Å². The van der Waals surface area contributed by atoms with Crippen molar-refractivity contribution in [2.75, 3.05) is 19.0 Å². The molecule has 7 nitrogen and oxygen atoms in total. The maximum Gasteiger partial charge on any atom is 0.331 e. The van der Waals surface area contributed by atoms with Gasteiger partial charge in [-0.05, 0) is 12.8 Å². The average molecular weight is 435 g/mol. The third-order valence-corrected chi connectivity index (χ3v) is 5.19. The fraction of sp³-hybridized carbons (Fsp3) is 0.810. The summed E-state index contributed by atoms with van der Waals surface area (Å²) in [4.78, 5) is 22.8. The molecular formula is C21H38O7S. The predicted octanol–water partition coefficient (Wildman–Crippen LogP) is 4.61. The Morgan fingerprint density at radius 2 is 1.07 bits per heavy atom. The molecule has 0 heterocycles. The quantitative estimate of drug-likeness (QED) is 0.137. The first-order valence-electron chi connectivity index (χ1n) is 10.8. The van der Waals surface area contributed by atoms with Crippen LogP contribution in [0.15, 0.2) is 12.2 Å². The lowest BCUT2D eigenvalue weighted by atomic mass is 10.1. The second-order valence-corrected chi connectivity index (χ2v) is 8.77. The number of unbranched alkanes of at least 4 members (excludes halogenated alkanes) is 11. The minimum absolute atomic E-state index is 0.0121. The first-order chi connectivity index (χ1) is 13.8. The average Bonchev–Trinajstić information content (AvgIpc) is 2.66. The monoisotopic (exact) mass is 434 g/mol. The Morgan fingerprint density at radius 1 is 0.690 bits per heavy atom. The van der Waals surface area contributed by atoms with Gasteiger partial charge in [0.05, 0.1) is 19.0 Å². The molecule has 170 valence electrons. The fourth-order valence-corrected chi connectivity index (χ4v) is 3.24. The van der Waals surface area contributed by atoms with E-state index < -0.39 is 27.8 Å². The second kappa shape index (κ2) is 18.6. The zero-order chi connectivity index (χ0) is 21.8. The lowest BCUT2D eigenvalue weighted by molar-refractivity contribution is -0.140. The zero-order valence-corrected chi connectivity index (χ0v) is 18.6. The van der Waals surface area contributed by atoms with E-state index in [-0.39, 0.29) is 13.0 Å². The van der Waals surface area contributed by atoms with E-state index in [9.17, 15) is 18.0 Å². The van der Waals surface area contributed by atoms with Gasteiger partial charge in [-0.3, -0.25) is 4.55 Å². The summed E-state index contributed by atoms with van der Waals surface area (Å²) in [6.45, 7) is 2.40. The van der Waals surface area contributed by atoms with Crippen molar-refractivity contribution in [2.24, 2.45) is 0 Å². The molecule has 0 bridgehead atoms. The standard InChI is InChI=1S/C21H38O7S/c1-2-3-4-5-6-7-8-9-10-11-12-13-17-27-20(22)15-16-21(23)28-18-14-19-29(24,25)26/h15-16H,2-14,17-19H2,1H3,(H,24,25,26). The SMILES string of the molecule is CCCCCCCCCCCCCCOC(=O)C=CC(=O)OCCCS(=O)(=O)O. The number of carbonyl (C=O) groups excluding carboxylic acids is 2. The van der Waals surface area contributed by atoms with Gasteiger partial charge in [0.2, 0.25) is 0 Å². The highest BCUT2D eigenvalue weighted by atomic mass is 32.2. The molecular weight excluding hydrogens is 396 g/mol. The van der Waals surface area contributed by atoms with Crippen molar-refractivity contribution < 1.29 is 32.0 Å². The molecule has 0 rings (SSSR count). The van der Waals surface area contributed by atoms with Gasteiger partial charge in [0.1, 0.15) is 0 Å². The number of ether oxygens (including phenoxy) is 2. The summed E-state index contributed by atoms with van der Waals surface area (Å²) in [6, 6.07) is 0. The number of hydrogen-bond acceptors (Lipinski definition) is 6. The third kappa shape index (κ3) is 22.7. The van der Waals surface area contributed by atoms with E-state index >= 15 is 0 Å². The lowest BCUT2D eigenvalue weighted by Crippen LogP contribution is -2.10. The fourth-order valence-electron chi connectivity index (χ4n) is 2.76. The van der Waals surface area contributed by atoms with Gasteiger partial charge in [-0.1, -0.05) is 77.6 Å². The molecule has 0 saturated heterocycles. The Kier molecular flexibility index (Phi) is 17.7. The molecule has 1 N–H and O–H groups in total. The van der Waals surface area contributed by atoms with Gasteiger partial charge in [0.25, 0.3) is 10.1 Å². The molecule has 0 saturated carbocycles. The van der Waals surface area contributed by atoms with Gasteiger partial charge in [0, 0.05) is 12.2 Å². The molecule has 0 aromatic carbocycles. The molecule has 0 radical (unpaired) electrons. The first-order valence-corrected chi connectivity index (χ1v) is 12.4. The van der Waals surface area contributed by atoms with Gasteiger partial charge in [-0.15, -0.1) is 0 Å². The van der Waals surface area contributed by atoms with E-state index in [4.69, 9.17) is 14.0 Å². The van der Waals surface area contributed by atoms with Gasteiger partial charge in [0.15, 0.2) is 0 Å². The van der Waals surface area contributed by atoms with Crippen LogP contribution in [0, 0.1) is 0 Å². The third-order valence-electron chi connectivity index (χ3n) is 4.39. The van der Waals surface area contributed by atoms with Crippen molar-refractivity contribution in [3.05, 3.63) is 12.2 Å². The maximum atomic E-state index is 11.5. The van der Waals surface area contributed by atoms with Crippen LogP contribution in [0.3, 0.4) is 0 Å². The summed E-state index contributed by atoms with van der Waals surface area (Å²) < 4.78 is 39.2. The molecule has 0 aromatic heterocycles. The van der Waals surface area contributed by atoms with E-state index in [0.29, 0.717) is 6.61 Å². The molecule has 0 aliphatic heterocycles. The molecule has 0 atom stereocenters. The topological polar surface area (TPSA) is 107 Å². The van der Waals surface area contributed by atoms with Crippen LogP contribution in [-0.2, 0) is 29.2 Å². The molecule has 0 amide bonds. The number of carbonyl (C=O) groups is 2. The summed E-state index contributed by atoms with van der Waals surface area (Å²) in [5.74, 6) is -1.85. The molecule has 0 fully saturated rings. The molecule has 0 aliphatic rings. The van der Waals surface area contributed by atoms with Crippen LogP contribution in [0.1, 0.15) is 90.4 Å². The second-order valence-electron chi connectivity index (χ2n) is 7.20. The summed E-state index contributed by atoms with van der Waals surface area (Å²) in [6.07, 6.45) is 16.7. The zero-order valence-electron chi connectivity index (χ0n) is 17.8. The molecule has 0 unspecified atom stereocenters. The summed E-state index contributed by atoms with van der Waals surface area (Å²) in [7, 11) is -4.06. The Morgan fingerprint density at radius 3 is 1.48 bits per heavy atom. The van der Waals surface area contributed by atoms with E-state index in [1.165, 1.54) is 57.8 Å². The van der Waals surface area contributed by atoms with Gasteiger partial charge in [-0.25, -0.2) is 9.59 Å². The van der Waals surface area contributed by atoms with Gasteiger partial charge in [-0.2, -0.15) is 8.42 Å². The number of rotatable bonds is 19. The Labute approximate surface area is 176 Å². The molecule has 0 aliphatic carbocycles. The smallest absolute Gasteiger partial charge is 0.331 e. The van der Waals surface area contributed by atoms with Crippen LogP contribution < -0.4 is 0 Å². The Bertz CT molecular complexity index is 555. The van der Waals surface area contributed by atoms with Crippen LogP contribution in [0.4, 0.5) is 0 Å². The van der Waals surface area contributed by atoms with Crippen molar-refractivity contribution in [2.45, 2.75) is 90.4 Å². The van der Waals surface area contributed by atoms with E-state index in [0.717, 1.165) is 31.4 Å². The minimum atomic E-state index is -4.06. The van der Waals surface area contributed by atoms with Crippen molar-refractivity contribution in [1.82, 2.24) is 0 Å². The molecule has 8 heteroatoms. The van der Waals surface area contributed by atoms with E-state index in [1.807, 2.05) is 0 Å². The van der Waals surface area contributed by atoms with Crippen molar-refractivity contribution >= 4 is 22.1 Å². The highest BCUT2D eigenvalue weighted by Crippen LogP contribution is 2.11.